The minimum atomic E-state index is -0.490. The second-order valence-electron chi connectivity index (χ2n) is 4.57. The lowest BCUT2D eigenvalue weighted by molar-refractivity contribution is -0.384. The highest BCUT2D eigenvalue weighted by atomic mass is 35.5. The zero-order valence-corrected chi connectivity index (χ0v) is 11.8. The van der Waals surface area contributed by atoms with Crippen molar-refractivity contribution in [3.8, 4) is 11.3 Å². The van der Waals surface area contributed by atoms with Crippen LogP contribution in [0.2, 0.25) is 5.02 Å². The summed E-state index contributed by atoms with van der Waals surface area (Å²) in [5, 5.41) is 14.5. The fraction of sp³-hybridized carbons (Fsp3) is 0.308. The fourth-order valence-electron chi connectivity index (χ4n) is 1.67. The van der Waals surface area contributed by atoms with Crippen molar-refractivity contribution in [1.82, 2.24) is 10.3 Å². The van der Waals surface area contributed by atoms with Gasteiger partial charge in [0.25, 0.3) is 5.69 Å². The van der Waals surface area contributed by atoms with Crippen LogP contribution in [0.5, 0.6) is 0 Å². The number of oxazole rings is 1. The summed E-state index contributed by atoms with van der Waals surface area (Å²) in [6.07, 6.45) is 1.48. The lowest BCUT2D eigenvalue weighted by Crippen LogP contribution is -2.21. The number of hydrogen-bond acceptors (Lipinski definition) is 5. The van der Waals surface area contributed by atoms with Crippen LogP contribution in [0.1, 0.15) is 19.7 Å². The van der Waals surface area contributed by atoms with Gasteiger partial charge in [-0.1, -0.05) is 25.4 Å². The molecule has 6 nitrogen and oxygen atoms in total. The van der Waals surface area contributed by atoms with Crippen molar-refractivity contribution >= 4 is 17.3 Å². The summed E-state index contributed by atoms with van der Waals surface area (Å²) in [7, 11) is 0. The Balaban J connectivity index is 2.30. The monoisotopic (exact) mass is 295 g/mol. The molecule has 0 fully saturated rings. The van der Waals surface area contributed by atoms with Crippen molar-refractivity contribution in [2.75, 3.05) is 0 Å². The molecule has 0 saturated heterocycles. The molecule has 0 bridgehead atoms. The number of rotatable bonds is 5. The molecule has 1 aromatic carbocycles. The first-order valence-corrected chi connectivity index (χ1v) is 6.47. The van der Waals surface area contributed by atoms with Gasteiger partial charge in [-0.15, -0.1) is 0 Å². The number of benzene rings is 1. The van der Waals surface area contributed by atoms with Gasteiger partial charge in [0.2, 0.25) is 5.89 Å². The van der Waals surface area contributed by atoms with Gasteiger partial charge < -0.3 is 9.73 Å². The molecule has 1 N–H and O–H groups in total. The van der Waals surface area contributed by atoms with Crippen molar-refractivity contribution in [2.45, 2.75) is 26.4 Å². The number of nitro benzene ring substituents is 1. The first-order chi connectivity index (χ1) is 9.47. The maximum Gasteiger partial charge on any atom is 0.281 e. The molecular formula is C13H14ClN3O3. The Morgan fingerprint density at radius 3 is 2.90 bits per heavy atom. The van der Waals surface area contributed by atoms with E-state index >= 15 is 0 Å². The van der Waals surface area contributed by atoms with E-state index in [2.05, 4.69) is 10.3 Å². The highest BCUT2D eigenvalue weighted by Crippen LogP contribution is 2.32. The van der Waals surface area contributed by atoms with Gasteiger partial charge in [-0.2, -0.15) is 0 Å². The van der Waals surface area contributed by atoms with Crippen LogP contribution in [-0.2, 0) is 6.54 Å². The van der Waals surface area contributed by atoms with E-state index in [1.165, 1.54) is 12.3 Å². The molecule has 0 aliphatic heterocycles. The lowest BCUT2D eigenvalue weighted by Gasteiger charge is -2.04. The molecule has 7 heteroatoms. The highest BCUT2D eigenvalue weighted by molar-refractivity contribution is 6.30. The molecule has 2 aromatic rings. The first-order valence-electron chi connectivity index (χ1n) is 6.09. The smallest absolute Gasteiger partial charge is 0.281 e. The van der Waals surface area contributed by atoms with Gasteiger partial charge in [0.1, 0.15) is 0 Å². The average molecular weight is 296 g/mol. The summed E-state index contributed by atoms with van der Waals surface area (Å²) in [5.74, 6) is 0.840. The topological polar surface area (TPSA) is 81.2 Å². The van der Waals surface area contributed by atoms with E-state index in [-0.39, 0.29) is 5.69 Å². The third kappa shape index (κ3) is 3.34. The number of nitro groups is 1. The molecule has 0 atom stereocenters. The van der Waals surface area contributed by atoms with Crippen LogP contribution >= 0.6 is 11.6 Å². The fourth-order valence-corrected chi connectivity index (χ4v) is 1.84. The molecule has 0 aliphatic rings. The standard InChI is InChI=1S/C13H14ClN3O3/c1-8(2)15-7-13-16-6-12(20-13)10-4-3-9(14)5-11(10)17(18)19/h3-6,8,15H,7H2,1-2H3. The Hall–Kier alpha value is -1.92. The van der Waals surface area contributed by atoms with Gasteiger partial charge in [-0.05, 0) is 12.1 Å². The summed E-state index contributed by atoms with van der Waals surface area (Å²) in [4.78, 5) is 14.7. The Bertz CT molecular complexity index is 625. The SMILES string of the molecule is CC(C)NCc1ncc(-c2ccc(Cl)cc2[N+](=O)[O-])o1. The van der Waals surface area contributed by atoms with E-state index in [1.807, 2.05) is 13.8 Å². The number of hydrogen-bond donors (Lipinski definition) is 1. The second-order valence-corrected chi connectivity index (χ2v) is 5.01. The molecule has 0 unspecified atom stereocenters. The van der Waals surface area contributed by atoms with Gasteiger partial charge in [0.15, 0.2) is 5.76 Å². The second kappa shape index (κ2) is 6.02. The molecule has 0 saturated carbocycles. The van der Waals surface area contributed by atoms with Crippen LogP contribution in [-0.4, -0.2) is 15.9 Å². The molecule has 2 rings (SSSR count). The molecule has 0 aliphatic carbocycles. The summed E-state index contributed by atoms with van der Waals surface area (Å²) in [6.45, 7) is 4.49. The predicted octanol–water partition coefficient (Wildman–Crippen LogP) is 3.40. The molecule has 1 heterocycles. The van der Waals surface area contributed by atoms with Crippen LogP contribution < -0.4 is 5.32 Å². The normalized spacial score (nSPS) is 11.0. The van der Waals surface area contributed by atoms with Crippen molar-refractivity contribution in [1.29, 1.82) is 0 Å². The summed E-state index contributed by atoms with van der Waals surface area (Å²) in [5.41, 5.74) is 0.264. The quantitative estimate of drug-likeness (QED) is 0.675. The van der Waals surface area contributed by atoms with E-state index in [9.17, 15) is 10.1 Å². The lowest BCUT2D eigenvalue weighted by atomic mass is 10.1. The van der Waals surface area contributed by atoms with E-state index in [1.54, 1.807) is 12.1 Å². The zero-order valence-electron chi connectivity index (χ0n) is 11.1. The minimum Gasteiger partial charge on any atom is -0.439 e. The Kier molecular flexibility index (Phi) is 4.36. The van der Waals surface area contributed by atoms with E-state index in [0.29, 0.717) is 34.8 Å². The molecule has 0 spiro atoms. The predicted molar refractivity (Wildman–Crippen MR) is 75.6 cm³/mol. The highest BCUT2D eigenvalue weighted by Gasteiger charge is 2.19. The first kappa shape index (κ1) is 14.5. The van der Waals surface area contributed by atoms with Crippen LogP contribution in [0.3, 0.4) is 0 Å². The summed E-state index contributed by atoms with van der Waals surface area (Å²) in [6, 6.07) is 4.74. The molecule has 20 heavy (non-hydrogen) atoms. The van der Waals surface area contributed by atoms with Gasteiger partial charge in [-0.3, -0.25) is 10.1 Å². The van der Waals surface area contributed by atoms with Gasteiger partial charge in [0, 0.05) is 17.1 Å². The van der Waals surface area contributed by atoms with Crippen LogP contribution in [0.25, 0.3) is 11.3 Å². The van der Waals surface area contributed by atoms with E-state index in [4.69, 9.17) is 16.0 Å². The molecule has 0 radical (unpaired) electrons. The molecule has 0 amide bonds. The van der Waals surface area contributed by atoms with Crippen LogP contribution in [0.15, 0.2) is 28.8 Å². The van der Waals surface area contributed by atoms with Crippen LogP contribution in [0.4, 0.5) is 5.69 Å². The minimum absolute atomic E-state index is 0.1000. The number of nitrogens with one attached hydrogen (secondary N) is 1. The van der Waals surface area contributed by atoms with Crippen molar-refractivity contribution in [2.24, 2.45) is 0 Å². The Morgan fingerprint density at radius 1 is 1.50 bits per heavy atom. The Labute approximate surface area is 120 Å². The number of nitrogens with zero attached hydrogens (tertiary/aromatic N) is 2. The zero-order chi connectivity index (χ0) is 14.7. The maximum absolute atomic E-state index is 11.0. The molecule has 106 valence electrons. The van der Waals surface area contributed by atoms with Gasteiger partial charge >= 0.3 is 0 Å². The van der Waals surface area contributed by atoms with E-state index < -0.39 is 4.92 Å². The molecular weight excluding hydrogens is 282 g/mol. The van der Waals surface area contributed by atoms with Crippen molar-refractivity contribution in [3.05, 3.63) is 45.4 Å². The number of halogens is 1. The van der Waals surface area contributed by atoms with Crippen LogP contribution in [0, 0.1) is 10.1 Å². The third-order valence-electron chi connectivity index (χ3n) is 2.64. The maximum atomic E-state index is 11.0. The summed E-state index contributed by atoms with van der Waals surface area (Å²) < 4.78 is 5.53. The van der Waals surface area contributed by atoms with Crippen molar-refractivity contribution in [3.63, 3.8) is 0 Å². The third-order valence-corrected chi connectivity index (χ3v) is 2.87. The largest absolute Gasteiger partial charge is 0.439 e. The summed E-state index contributed by atoms with van der Waals surface area (Å²) >= 11 is 5.78. The van der Waals surface area contributed by atoms with Gasteiger partial charge in [-0.25, -0.2) is 4.98 Å². The Morgan fingerprint density at radius 2 is 2.25 bits per heavy atom. The number of aromatic nitrogens is 1. The molecule has 1 aromatic heterocycles. The average Bonchev–Trinajstić information content (AvgIpc) is 2.84. The van der Waals surface area contributed by atoms with Gasteiger partial charge in [0.05, 0.1) is 23.2 Å². The van der Waals surface area contributed by atoms with E-state index in [0.717, 1.165) is 0 Å². The van der Waals surface area contributed by atoms with Crippen molar-refractivity contribution < 1.29 is 9.34 Å².